The normalized spacial score (nSPS) is 29.7. The van der Waals surface area contributed by atoms with Gasteiger partial charge in [-0.05, 0) is 69.6 Å². The Morgan fingerprint density at radius 1 is 0.712 bits per heavy atom. The fourth-order valence-corrected chi connectivity index (χ4v) is 6.32. The molecule has 2 aliphatic rings. The predicted octanol–water partition coefficient (Wildman–Crippen LogP) is 0.651. The van der Waals surface area contributed by atoms with Crippen LogP contribution in [-0.4, -0.2) is 106 Å². The van der Waals surface area contributed by atoms with E-state index in [1.807, 2.05) is 27.7 Å². The van der Waals surface area contributed by atoms with Gasteiger partial charge in [0.1, 0.15) is 42.3 Å². The third-order valence-electron chi connectivity index (χ3n) is 9.95. The summed E-state index contributed by atoms with van der Waals surface area (Å²) < 4.78 is 0. The summed E-state index contributed by atoms with van der Waals surface area (Å²) in [6.07, 6.45) is 2.65. The maximum Gasteiger partial charge on any atom is 0.245 e. The molecule has 7 N–H and O–H groups in total. The summed E-state index contributed by atoms with van der Waals surface area (Å²) in [6.45, 7) is 19.5. The van der Waals surface area contributed by atoms with Crippen LogP contribution in [0.2, 0.25) is 0 Å². The molecule has 15 heteroatoms. The Morgan fingerprint density at radius 3 is 1.83 bits per heavy atom. The Hall–Kier alpha value is -4.01. The summed E-state index contributed by atoms with van der Waals surface area (Å²) >= 11 is 0. The SMILES string of the molecule is C=C[C@H](C)C[C@@H]1NC(=O)[C@H](CC(C)C)NC(=O)[C@H](C)NC(=O)C([C@@H](C)CC)NC(=O)C([C@H](O)C(C)C)NC(=O)[C@H]2CCCCN2C(=O)[C@H](C)NC1=O. The highest BCUT2D eigenvalue weighted by Gasteiger charge is 2.40. The van der Waals surface area contributed by atoms with Gasteiger partial charge in [0.05, 0.1) is 6.10 Å². The zero-order chi connectivity index (χ0) is 39.4. The van der Waals surface area contributed by atoms with Crippen molar-refractivity contribution in [1.82, 2.24) is 36.8 Å². The van der Waals surface area contributed by atoms with Gasteiger partial charge in [0.2, 0.25) is 41.4 Å². The molecule has 0 saturated carbocycles. The van der Waals surface area contributed by atoms with E-state index in [-0.39, 0.29) is 37.6 Å². The molecule has 2 unspecified atom stereocenters. The molecule has 15 nitrogen and oxygen atoms in total. The summed E-state index contributed by atoms with van der Waals surface area (Å²) in [6, 6.07) is -8.00. The molecule has 0 radical (unpaired) electrons. The molecule has 294 valence electrons. The first kappa shape index (κ1) is 44.2. The first-order valence-electron chi connectivity index (χ1n) is 18.8. The van der Waals surface area contributed by atoms with Crippen LogP contribution in [0.25, 0.3) is 0 Å². The van der Waals surface area contributed by atoms with E-state index in [0.29, 0.717) is 19.3 Å². The summed E-state index contributed by atoms with van der Waals surface area (Å²) in [4.78, 5) is 97.5. The number of carbonyl (C=O) groups is 7. The quantitative estimate of drug-likeness (QED) is 0.167. The van der Waals surface area contributed by atoms with Gasteiger partial charge in [0.25, 0.3) is 0 Å². The van der Waals surface area contributed by atoms with E-state index in [2.05, 4.69) is 38.5 Å². The van der Waals surface area contributed by atoms with Crippen LogP contribution in [0.15, 0.2) is 12.7 Å². The maximum absolute atomic E-state index is 13.9. The van der Waals surface area contributed by atoms with E-state index < -0.39 is 102 Å². The highest BCUT2D eigenvalue weighted by atomic mass is 16.3. The van der Waals surface area contributed by atoms with Crippen LogP contribution in [0.3, 0.4) is 0 Å². The average molecular weight is 734 g/mol. The lowest BCUT2D eigenvalue weighted by molar-refractivity contribution is -0.146. The first-order chi connectivity index (χ1) is 24.3. The molecule has 0 aliphatic carbocycles. The number of nitrogens with one attached hydrogen (secondary N) is 6. The van der Waals surface area contributed by atoms with E-state index in [1.165, 1.54) is 18.7 Å². The molecule has 2 saturated heterocycles. The zero-order valence-electron chi connectivity index (χ0n) is 32.4. The topological polar surface area (TPSA) is 215 Å². The molecule has 2 rings (SSSR count). The summed E-state index contributed by atoms with van der Waals surface area (Å²) in [5.74, 6) is -5.71. The first-order valence-corrected chi connectivity index (χ1v) is 18.8. The fourth-order valence-electron chi connectivity index (χ4n) is 6.32. The van der Waals surface area contributed by atoms with Gasteiger partial charge in [-0.3, -0.25) is 33.6 Å². The van der Waals surface area contributed by atoms with Gasteiger partial charge in [0.15, 0.2) is 0 Å². The Balaban J connectivity index is 2.65. The molecule has 0 bridgehead atoms. The van der Waals surface area contributed by atoms with Crippen LogP contribution < -0.4 is 31.9 Å². The number of fused-ring (bicyclic) bond motifs is 1. The van der Waals surface area contributed by atoms with Crippen LogP contribution in [0.1, 0.15) is 101 Å². The van der Waals surface area contributed by atoms with Crippen LogP contribution in [0.4, 0.5) is 0 Å². The molecule has 0 spiro atoms. The van der Waals surface area contributed by atoms with E-state index in [4.69, 9.17) is 0 Å². The number of amides is 7. The zero-order valence-corrected chi connectivity index (χ0v) is 32.4. The molecule has 10 atom stereocenters. The third kappa shape index (κ3) is 12.3. The van der Waals surface area contributed by atoms with Gasteiger partial charge in [-0.15, -0.1) is 6.58 Å². The van der Waals surface area contributed by atoms with Gasteiger partial charge < -0.3 is 41.9 Å². The van der Waals surface area contributed by atoms with Crippen molar-refractivity contribution in [1.29, 1.82) is 0 Å². The molecule has 7 amide bonds. The fraction of sp³-hybridized carbons (Fsp3) is 0.757. The van der Waals surface area contributed by atoms with Gasteiger partial charge in [0, 0.05) is 6.54 Å². The minimum absolute atomic E-state index is 0.0413. The lowest BCUT2D eigenvalue weighted by atomic mass is 9.94. The second-order valence-electron chi connectivity index (χ2n) is 15.3. The number of aliphatic hydroxyl groups excluding tert-OH is 1. The number of piperidine rings is 1. The molecule has 2 fully saturated rings. The minimum Gasteiger partial charge on any atom is -0.390 e. The smallest absolute Gasteiger partial charge is 0.245 e. The summed E-state index contributed by atoms with van der Waals surface area (Å²) in [5, 5.41) is 27.3. The Morgan fingerprint density at radius 2 is 1.25 bits per heavy atom. The monoisotopic (exact) mass is 733 g/mol. The van der Waals surface area contributed by atoms with Crippen molar-refractivity contribution in [2.45, 2.75) is 149 Å². The molecular weight excluding hydrogens is 670 g/mol. The van der Waals surface area contributed by atoms with Gasteiger partial charge in [-0.25, -0.2) is 0 Å². The van der Waals surface area contributed by atoms with Crippen LogP contribution in [0, 0.1) is 23.7 Å². The van der Waals surface area contributed by atoms with Crippen molar-refractivity contribution < 1.29 is 38.7 Å². The van der Waals surface area contributed by atoms with Crippen LogP contribution >= 0.6 is 0 Å². The largest absolute Gasteiger partial charge is 0.390 e. The highest BCUT2D eigenvalue weighted by molar-refractivity contribution is 5.98. The van der Waals surface area contributed by atoms with Gasteiger partial charge in [-0.2, -0.15) is 0 Å². The van der Waals surface area contributed by atoms with Crippen LogP contribution in [0.5, 0.6) is 0 Å². The third-order valence-corrected chi connectivity index (χ3v) is 9.95. The second-order valence-corrected chi connectivity index (χ2v) is 15.3. The highest BCUT2D eigenvalue weighted by Crippen LogP contribution is 2.20. The van der Waals surface area contributed by atoms with Crippen molar-refractivity contribution in [3.63, 3.8) is 0 Å². The molecule has 0 aromatic heterocycles. The Bertz CT molecular complexity index is 1310. The molecule has 2 heterocycles. The number of aliphatic hydroxyl groups is 1. The Labute approximate surface area is 308 Å². The van der Waals surface area contributed by atoms with Crippen molar-refractivity contribution in [2.24, 2.45) is 23.7 Å². The molecular formula is C37H63N7O8. The number of hydrogen-bond acceptors (Lipinski definition) is 8. The van der Waals surface area contributed by atoms with Crippen molar-refractivity contribution in [3.05, 3.63) is 12.7 Å². The number of nitrogens with zero attached hydrogens (tertiary/aromatic N) is 1. The average Bonchev–Trinajstić information content (AvgIpc) is 3.09. The van der Waals surface area contributed by atoms with Crippen molar-refractivity contribution >= 4 is 41.4 Å². The van der Waals surface area contributed by atoms with Gasteiger partial charge >= 0.3 is 0 Å². The van der Waals surface area contributed by atoms with E-state index >= 15 is 0 Å². The molecule has 0 aromatic carbocycles. The minimum atomic E-state index is -1.47. The number of carbonyl (C=O) groups excluding carboxylic acids is 7. The standard InChI is InChI=1S/C37H63N7O8/c1-11-21(7)18-26-32(47)39-24(10)37(52)44-16-14-13-15-27(44)34(49)43-29(30(45)20(5)6)36(51)42-28(22(8)12-2)35(50)38-23(9)31(46)40-25(17-19(3)4)33(48)41-26/h11,19-30,45H,1,12-18H2,2-10H3,(H,38,50)(H,39,47)(H,40,46)(H,41,48)(H,42,51)(H,43,49)/t21-,22-,23-,24-,25-,26-,27+,28?,29?,30+/m0/s1. The maximum atomic E-state index is 13.9. The molecule has 2 aliphatic heterocycles. The van der Waals surface area contributed by atoms with Gasteiger partial charge in [-0.1, -0.05) is 61.0 Å². The van der Waals surface area contributed by atoms with Crippen LogP contribution in [-0.2, 0) is 33.6 Å². The van der Waals surface area contributed by atoms with Crippen molar-refractivity contribution in [2.75, 3.05) is 6.54 Å². The van der Waals surface area contributed by atoms with E-state index in [1.54, 1.807) is 26.8 Å². The summed E-state index contributed by atoms with van der Waals surface area (Å²) in [5.41, 5.74) is 0. The number of rotatable bonds is 9. The lowest BCUT2D eigenvalue weighted by Gasteiger charge is -2.38. The summed E-state index contributed by atoms with van der Waals surface area (Å²) in [7, 11) is 0. The van der Waals surface area contributed by atoms with E-state index in [0.717, 1.165) is 0 Å². The molecule has 52 heavy (non-hydrogen) atoms. The van der Waals surface area contributed by atoms with Crippen molar-refractivity contribution in [3.8, 4) is 0 Å². The second kappa shape index (κ2) is 20.3. The Kier molecular flexibility index (Phi) is 17.2. The number of allylic oxidation sites excluding steroid dienone is 1. The number of hydrogen-bond donors (Lipinski definition) is 7. The lowest BCUT2D eigenvalue weighted by Crippen LogP contribution is -2.63. The molecule has 0 aromatic rings. The van der Waals surface area contributed by atoms with E-state index in [9.17, 15) is 38.7 Å². The predicted molar refractivity (Wildman–Crippen MR) is 196 cm³/mol.